The summed E-state index contributed by atoms with van der Waals surface area (Å²) in [5.74, 6) is -0.432. The smallest absolute Gasteiger partial charge is 0.170 e. The predicted molar refractivity (Wildman–Crippen MR) is 59.8 cm³/mol. The highest BCUT2D eigenvalue weighted by Gasteiger charge is 2.37. The second-order valence-electron chi connectivity index (χ2n) is 3.92. The Bertz CT molecular complexity index is 203. The molecule has 88 valence electrons. The molecule has 1 aliphatic heterocycles. The molecule has 1 rings (SSSR count). The fourth-order valence-corrected chi connectivity index (χ4v) is 1.97. The molecule has 0 saturated carbocycles. The van der Waals surface area contributed by atoms with E-state index >= 15 is 0 Å². The molecule has 0 aliphatic carbocycles. The Kier molecular flexibility index (Phi) is 5.29. The molecule has 0 bridgehead atoms. The number of ether oxygens (including phenoxy) is 3. The third-order valence-corrected chi connectivity index (χ3v) is 2.98. The van der Waals surface area contributed by atoms with Crippen molar-refractivity contribution in [3.63, 3.8) is 0 Å². The maximum absolute atomic E-state index is 5.76. The van der Waals surface area contributed by atoms with E-state index in [1.807, 2.05) is 6.92 Å². The van der Waals surface area contributed by atoms with Crippen LogP contribution in [0, 0.1) is 0 Å². The van der Waals surface area contributed by atoms with Crippen molar-refractivity contribution < 1.29 is 14.2 Å². The SMILES string of the molecule is C/C=C/CC[C@@]1(OC)C[C@@H](OC)CCO1. The van der Waals surface area contributed by atoms with Gasteiger partial charge in [-0.05, 0) is 19.8 Å². The minimum atomic E-state index is -0.432. The lowest BCUT2D eigenvalue weighted by Gasteiger charge is -2.39. The van der Waals surface area contributed by atoms with E-state index in [9.17, 15) is 0 Å². The van der Waals surface area contributed by atoms with Gasteiger partial charge < -0.3 is 14.2 Å². The Morgan fingerprint density at radius 2 is 2.27 bits per heavy atom. The van der Waals surface area contributed by atoms with Crippen LogP contribution in [0.4, 0.5) is 0 Å². The van der Waals surface area contributed by atoms with E-state index in [4.69, 9.17) is 14.2 Å². The van der Waals surface area contributed by atoms with Gasteiger partial charge in [-0.15, -0.1) is 0 Å². The quantitative estimate of drug-likeness (QED) is 0.658. The lowest BCUT2D eigenvalue weighted by molar-refractivity contribution is -0.264. The minimum Gasteiger partial charge on any atom is -0.381 e. The Hall–Kier alpha value is -0.380. The van der Waals surface area contributed by atoms with E-state index in [0.29, 0.717) is 0 Å². The molecule has 0 spiro atoms. The molecule has 0 N–H and O–H groups in total. The molecule has 0 radical (unpaired) electrons. The number of methoxy groups -OCH3 is 2. The first-order valence-corrected chi connectivity index (χ1v) is 5.59. The van der Waals surface area contributed by atoms with Crippen molar-refractivity contribution in [2.24, 2.45) is 0 Å². The molecule has 2 atom stereocenters. The molecule has 0 amide bonds. The van der Waals surface area contributed by atoms with Crippen molar-refractivity contribution in [1.29, 1.82) is 0 Å². The first kappa shape index (κ1) is 12.7. The first-order valence-electron chi connectivity index (χ1n) is 5.59. The zero-order valence-electron chi connectivity index (χ0n) is 9.99. The molecule has 1 aliphatic rings. The maximum Gasteiger partial charge on any atom is 0.170 e. The van der Waals surface area contributed by atoms with Gasteiger partial charge in [0.1, 0.15) is 0 Å². The fourth-order valence-electron chi connectivity index (χ4n) is 1.97. The van der Waals surface area contributed by atoms with Gasteiger partial charge in [0.05, 0.1) is 12.7 Å². The van der Waals surface area contributed by atoms with Gasteiger partial charge in [0.25, 0.3) is 0 Å². The zero-order chi connectivity index (χ0) is 11.1. The normalized spacial score (nSPS) is 32.3. The molecule has 0 unspecified atom stereocenters. The maximum atomic E-state index is 5.76. The molecule has 1 fully saturated rings. The summed E-state index contributed by atoms with van der Waals surface area (Å²) in [6.07, 6.45) is 8.14. The average Bonchev–Trinajstić information content (AvgIpc) is 2.30. The topological polar surface area (TPSA) is 27.7 Å². The monoisotopic (exact) mass is 214 g/mol. The van der Waals surface area contributed by atoms with Crippen LogP contribution in [0.3, 0.4) is 0 Å². The number of hydrogen-bond acceptors (Lipinski definition) is 3. The fraction of sp³-hybridized carbons (Fsp3) is 0.833. The highest BCUT2D eigenvalue weighted by Crippen LogP contribution is 2.31. The molecule has 0 aromatic carbocycles. The molecule has 3 heteroatoms. The van der Waals surface area contributed by atoms with Crippen LogP contribution in [0.25, 0.3) is 0 Å². The summed E-state index contributed by atoms with van der Waals surface area (Å²) in [7, 11) is 3.47. The Morgan fingerprint density at radius 1 is 1.47 bits per heavy atom. The van der Waals surface area contributed by atoms with E-state index in [1.54, 1.807) is 14.2 Å². The van der Waals surface area contributed by atoms with Gasteiger partial charge in [-0.1, -0.05) is 12.2 Å². The van der Waals surface area contributed by atoms with Gasteiger partial charge in [-0.2, -0.15) is 0 Å². The number of hydrogen-bond donors (Lipinski definition) is 0. The second kappa shape index (κ2) is 6.26. The molecule has 0 aromatic heterocycles. The summed E-state index contributed by atoms with van der Waals surface area (Å²) in [5, 5.41) is 0. The standard InChI is InChI=1S/C12H22O3/c1-4-5-6-8-12(14-3)10-11(13-2)7-9-15-12/h4-5,11H,6-10H2,1-3H3/b5-4+/t11-,12-/m0/s1. The first-order chi connectivity index (χ1) is 7.26. The van der Waals surface area contributed by atoms with Crippen LogP contribution >= 0.6 is 0 Å². The lowest BCUT2D eigenvalue weighted by Crippen LogP contribution is -2.44. The second-order valence-corrected chi connectivity index (χ2v) is 3.92. The van der Waals surface area contributed by atoms with Crippen molar-refractivity contribution in [3.05, 3.63) is 12.2 Å². The van der Waals surface area contributed by atoms with Gasteiger partial charge in [-0.25, -0.2) is 0 Å². The van der Waals surface area contributed by atoms with E-state index in [-0.39, 0.29) is 6.10 Å². The van der Waals surface area contributed by atoms with E-state index in [0.717, 1.165) is 32.3 Å². The van der Waals surface area contributed by atoms with Crippen molar-refractivity contribution in [2.45, 2.75) is 44.5 Å². The van der Waals surface area contributed by atoms with Crippen LogP contribution in [0.15, 0.2) is 12.2 Å². The zero-order valence-corrected chi connectivity index (χ0v) is 9.99. The van der Waals surface area contributed by atoms with E-state index in [1.165, 1.54) is 0 Å². The Balaban J connectivity index is 2.50. The Labute approximate surface area is 92.4 Å². The highest BCUT2D eigenvalue weighted by atomic mass is 16.7. The summed E-state index contributed by atoms with van der Waals surface area (Å²) in [4.78, 5) is 0. The van der Waals surface area contributed by atoms with Gasteiger partial charge in [0.15, 0.2) is 5.79 Å². The van der Waals surface area contributed by atoms with Crippen LogP contribution < -0.4 is 0 Å². The average molecular weight is 214 g/mol. The predicted octanol–water partition coefficient (Wildman–Crippen LogP) is 2.51. The summed E-state index contributed by atoms with van der Waals surface area (Å²) >= 11 is 0. The molecule has 0 aromatic rings. The molecule has 1 heterocycles. The van der Waals surface area contributed by atoms with Crippen LogP contribution in [-0.2, 0) is 14.2 Å². The van der Waals surface area contributed by atoms with Gasteiger partial charge in [0.2, 0.25) is 0 Å². The molecule has 3 nitrogen and oxygen atoms in total. The largest absolute Gasteiger partial charge is 0.381 e. The number of allylic oxidation sites excluding steroid dienone is 2. The summed E-state index contributed by atoms with van der Waals surface area (Å²) in [6.45, 7) is 2.75. The van der Waals surface area contributed by atoms with Crippen LogP contribution in [-0.4, -0.2) is 32.7 Å². The van der Waals surface area contributed by atoms with Crippen molar-refractivity contribution >= 4 is 0 Å². The van der Waals surface area contributed by atoms with Crippen molar-refractivity contribution in [1.82, 2.24) is 0 Å². The molecular weight excluding hydrogens is 192 g/mol. The van der Waals surface area contributed by atoms with Crippen molar-refractivity contribution in [3.8, 4) is 0 Å². The van der Waals surface area contributed by atoms with Gasteiger partial charge >= 0.3 is 0 Å². The highest BCUT2D eigenvalue weighted by molar-refractivity contribution is 4.85. The molecule has 15 heavy (non-hydrogen) atoms. The Morgan fingerprint density at radius 3 is 2.87 bits per heavy atom. The molecular formula is C12H22O3. The number of rotatable bonds is 5. The summed E-state index contributed by atoms with van der Waals surface area (Å²) in [6, 6.07) is 0. The van der Waals surface area contributed by atoms with Crippen LogP contribution in [0.5, 0.6) is 0 Å². The lowest BCUT2D eigenvalue weighted by atomic mass is 9.98. The van der Waals surface area contributed by atoms with Gasteiger partial charge in [-0.3, -0.25) is 0 Å². The van der Waals surface area contributed by atoms with E-state index in [2.05, 4.69) is 12.2 Å². The third-order valence-electron chi connectivity index (χ3n) is 2.98. The summed E-state index contributed by atoms with van der Waals surface area (Å²) < 4.78 is 16.7. The molecule has 1 saturated heterocycles. The van der Waals surface area contributed by atoms with E-state index < -0.39 is 5.79 Å². The van der Waals surface area contributed by atoms with Crippen LogP contribution in [0.2, 0.25) is 0 Å². The third kappa shape index (κ3) is 3.59. The summed E-state index contributed by atoms with van der Waals surface area (Å²) in [5.41, 5.74) is 0. The van der Waals surface area contributed by atoms with Gasteiger partial charge in [0, 0.05) is 27.1 Å². The minimum absolute atomic E-state index is 0.268. The van der Waals surface area contributed by atoms with Crippen LogP contribution in [0.1, 0.15) is 32.6 Å². The van der Waals surface area contributed by atoms with Crippen molar-refractivity contribution in [2.75, 3.05) is 20.8 Å².